The molecule has 1 N–H and O–H groups in total. The maximum Gasteiger partial charge on any atom is 0.144 e. The zero-order valence-corrected chi connectivity index (χ0v) is 11.4. The second-order valence-electron chi connectivity index (χ2n) is 4.20. The average molecular weight is 251 g/mol. The molecule has 1 aromatic heterocycles. The molecule has 17 heavy (non-hydrogen) atoms. The monoisotopic (exact) mass is 251 g/mol. The van der Waals surface area contributed by atoms with E-state index in [1.165, 1.54) is 0 Å². The normalized spacial score (nSPS) is 13.8. The molecule has 0 spiro atoms. The van der Waals surface area contributed by atoms with Crippen molar-refractivity contribution >= 4 is 16.6 Å². The first-order valence-corrected chi connectivity index (χ1v) is 7.11. The number of aromatic nitrogens is 1. The molecular formula is C12H17N3OS. The third kappa shape index (κ3) is 3.82. The molecule has 0 aromatic carbocycles. The molecule has 0 aliphatic heterocycles. The zero-order valence-electron chi connectivity index (χ0n) is 10.6. The fraction of sp³-hybridized carbons (Fsp3) is 0.500. The van der Waals surface area contributed by atoms with Crippen LogP contribution < -0.4 is 5.32 Å². The first kappa shape index (κ1) is 13.7. The molecule has 2 unspecified atom stereocenters. The average Bonchev–Trinajstić information content (AvgIpc) is 2.15. The SMILES string of the molecule is Cc1cc(C)c(C#N)c(NC(C)CS(C)=O)n1. The number of nitrogens with one attached hydrogen (secondary N) is 1. The summed E-state index contributed by atoms with van der Waals surface area (Å²) < 4.78 is 11.1. The van der Waals surface area contributed by atoms with Gasteiger partial charge in [0.1, 0.15) is 11.9 Å². The Balaban J connectivity index is 2.98. The largest absolute Gasteiger partial charge is 0.366 e. The van der Waals surface area contributed by atoms with Crippen LogP contribution in [0.2, 0.25) is 0 Å². The van der Waals surface area contributed by atoms with Crippen LogP contribution >= 0.6 is 0 Å². The number of rotatable bonds is 4. The number of aryl methyl sites for hydroxylation is 2. The molecule has 5 heteroatoms. The van der Waals surface area contributed by atoms with E-state index in [4.69, 9.17) is 5.26 Å². The molecule has 1 rings (SSSR count). The zero-order chi connectivity index (χ0) is 13.0. The van der Waals surface area contributed by atoms with Crippen LogP contribution in [0.15, 0.2) is 6.07 Å². The van der Waals surface area contributed by atoms with Crippen molar-refractivity contribution in [3.05, 3.63) is 22.9 Å². The van der Waals surface area contributed by atoms with Crippen molar-refractivity contribution in [2.75, 3.05) is 17.3 Å². The first-order valence-electron chi connectivity index (χ1n) is 5.39. The molecule has 0 bridgehead atoms. The smallest absolute Gasteiger partial charge is 0.144 e. The van der Waals surface area contributed by atoms with Gasteiger partial charge >= 0.3 is 0 Å². The summed E-state index contributed by atoms with van der Waals surface area (Å²) in [6, 6.07) is 4.06. The van der Waals surface area contributed by atoms with Crippen molar-refractivity contribution in [3.63, 3.8) is 0 Å². The van der Waals surface area contributed by atoms with E-state index in [1.54, 1.807) is 6.26 Å². The molecular weight excluding hydrogens is 234 g/mol. The quantitative estimate of drug-likeness (QED) is 0.885. The van der Waals surface area contributed by atoms with Crippen molar-refractivity contribution in [2.24, 2.45) is 0 Å². The van der Waals surface area contributed by atoms with E-state index in [1.807, 2.05) is 26.8 Å². The van der Waals surface area contributed by atoms with Gasteiger partial charge < -0.3 is 5.32 Å². The van der Waals surface area contributed by atoms with E-state index in [0.29, 0.717) is 17.1 Å². The second-order valence-corrected chi connectivity index (χ2v) is 5.68. The lowest BCUT2D eigenvalue weighted by Crippen LogP contribution is -2.23. The third-order valence-electron chi connectivity index (χ3n) is 2.32. The van der Waals surface area contributed by atoms with Crippen molar-refractivity contribution < 1.29 is 4.21 Å². The Kier molecular flexibility index (Phi) is 4.64. The van der Waals surface area contributed by atoms with Gasteiger partial charge in [0, 0.05) is 34.5 Å². The summed E-state index contributed by atoms with van der Waals surface area (Å²) in [6.45, 7) is 5.71. The van der Waals surface area contributed by atoms with Crippen molar-refractivity contribution in [2.45, 2.75) is 26.8 Å². The van der Waals surface area contributed by atoms with E-state index in [9.17, 15) is 4.21 Å². The lowest BCUT2D eigenvalue weighted by atomic mass is 10.1. The molecule has 1 heterocycles. The Morgan fingerprint density at radius 2 is 2.24 bits per heavy atom. The minimum atomic E-state index is -0.862. The molecule has 0 saturated carbocycles. The maximum atomic E-state index is 11.1. The number of nitrogens with zero attached hydrogens (tertiary/aromatic N) is 2. The number of pyridine rings is 1. The Bertz CT molecular complexity index is 479. The van der Waals surface area contributed by atoms with Crippen LogP contribution in [0.25, 0.3) is 0 Å². The standard InChI is InChI=1S/C12H17N3OS/c1-8-5-9(2)14-12(11(8)6-13)15-10(3)7-17(4)16/h5,10H,7H2,1-4H3,(H,14,15). The van der Waals surface area contributed by atoms with Gasteiger partial charge in [0.2, 0.25) is 0 Å². The molecule has 0 aliphatic carbocycles. The number of hydrogen-bond acceptors (Lipinski definition) is 4. The molecule has 1 aromatic rings. The fourth-order valence-electron chi connectivity index (χ4n) is 1.71. The number of hydrogen-bond donors (Lipinski definition) is 1. The van der Waals surface area contributed by atoms with E-state index in [-0.39, 0.29) is 6.04 Å². The molecule has 2 atom stereocenters. The molecule has 0 saturated heterocycles. The number of anilines is 1. The van der Waals surface area contributed by atoms with E-state index < -0.39 is 10.8 Å². The highest BCUT2D eigenvalue weighted by molar-refractivity contribution is 7.84. The first-order chi connectivity index (χ1) is 7.93. The Labute approximate surface area is 105 Å². The minimum absolute atomic E-state index is 0.0293. The fourth-order valence-corrected chi connectivity index (χ4v) is 2.50. The van der Waals surface area contributed by atoms with Crippen LogP contribution in [0.1, 0.15) is 23.7 Å². The van der Waals surface area contributed by atoms with Gasteiger partial charge in [-0.25, -0.2) is 4.98 Å². The van der Waals surface area contributed by atoms with Crippen LogP contribution in [-0.2, 0) is 10.8 Å². The second kappa shape index (κ2) is 5.78. The van der Waals surface area contributed by atoms with Crippen molar-refractivity contribution in [3.8, 4) is 6.07 Å². The van der Waals surface area contributed by atoms with Gasteiger partial charge in [-0.05, 0) is 32.4 Å². The molecule has 0 aliphatic rings. The Morgan fingerprint density at radius 3 is 2.76 bits per heavy atom. The highest BCUT2D eigenvalue weighted by Crippen LogP contribution is 2.18. The summed E-state index contributed by atoms with van der Waals surface area (Å²) in [7, 11) is -0.862. The summed E-state index contributed by atoms with van der Waals surface area (Å²) in [5.74, 6) is 1.13. The summed E-state index contributed by atoms with van der Waals surface area (Å²) in [6.07, 6.45) is 1.66. The van der Waals surface area contributed by atoms with E-state index in [0.717, 1.165) is 11.3 Å². The van der Waals surface area contributed by atoms with Gasteiger partial charge in [-0.1, -0.05) is 0 Å². The van der Waals surface area contributed by atoms with Crippen molar-refractivity contribution in [1.29, 1.82) is 5.26 Å². The highest BCUT2D eigenvalue weighted by atomic mass is 32.2. The maximum absolute atomic E-state index is 11.1. The van der Waals surface area contributed by atoms with Gasteiger partial charge in [-0.3, -0.25) is 4.21 Å². The summed E-state index contributed by atoms with van der Waals surface area (Å²) in [4.78, 5) is 4.32. The Morgan fingerprint density at radius 1 is 1.59 bits per heavy atom. The van der Waals surface area contributed by atoms with E-state index >= 15 is 0 Å². The van der Waals surface area contributed by atoms with Crippen molar-refractivity contribution in [1.82, 2.24) is 4.98 Å². The summed E-state index contributed by atoms with van der Waals surface area (Å²) in [5.41, 5.74) is 2.34. The van der Waals surface area contributed by atoms with Crippen LogP contribution in [0.3, 0.4) is 0 Å². The predicted octanol–water partition coefficient (Wildman–Crippen LogP) is 1.75. The molecule has 4 nitrogen and oxygen atoms in total. The van der Waals surface area contributed by atoms with Crippen LogP contribution in [0.4, 0.5) is 5.82 Å². The van der Waals surface area contributed by atoms with Crippen LogP contribution in [0.5, 0.6) is 0 Å². The lowest BCUT2D eigenvalue weighted by molar-refractivity contribution is 0.683. The van der Waals surface area contributed by atoms with Gasteiger partial charge in [0.15, 0.2) is 0 Å². The van der Waals surface area contributed by atoms with Gasteiger partial charge in [0.05, 0.1) is 5.56 Å². The van der Waals surface area contributed by atoms with Gasteiger partial charge in [-0.15, -0.1) is 0 Å². The summed E-state index contributed by atoms with van der Waals surface area (Å²) >= 11 is 0. The minimum Gasteiger partial charge on any atom is -0.366 e. The summed E-state index contributed by atoms with van der Waals surface area (Å²) in [5, 5.41) is 12.2. The van der Waals surface area contributed by atoms with Gasteiger partial charge in [-0.2, -0.15) is 5.26 Å². The Hall–Kier alpha value is -1.41. The predicted molar refractivity (Wildman–Crippen MR) is 70.4 cm³/mol. The van der Waals surface area contributed by atoms with Crippen LogP contribution in [-0.4, -0.2) is 27.2 Å². The molecule has 0 radical (unpaired) electrons. The highest BCUT2D eigenvalue weighted by Gasteiger charge is 2.11. The number of nitriles is 1. The van der Waals surface area contributed by atoms with Crippen LogP contribution in [0, 0.1) is 25.2 Å². The topological polar surface area (TPSA) is 65.8 Å². The van der Waals surface area contributed by atoms with Gasteiger partial charge in [0.25, 0.3) is 0 Å². The third-order valence-corrected chi connectivity index (χ3v) is 3.29. The molecule has 0 fully saturated rings. The molecule has 0 amide bonds. The molecule has 92 valence electrons. The lowest BCUT2D eigenvalue weighted by Gasteiger charge is -2.15. The van der Waals surface area contributed by atoms with E-state index in [2.05, 4.69) is 16.4 Å².